The standard InChI is InChI=1S/C34H36F4O3.C2H6/c1-34(2)15-5-7-28(34)26-16-20(9-13-23(26)27-17-22(33(37)38)12-14-29(27)35)19-41-30-8-4-6-24(32(30)36)25(21-10-11-21)18-31(39)40-3;1-2/h4,6,8-9,12-14,16-17,21,25,28,33H,5,7,10-11,15,18-19H2,1-3H3;1-2H3. The number of halogens is 4. The van der Waals surface area contributed by atoms with Gasteiger partial charge in [-0.1, -0.05) is 70.5 Å². The van der Waals surface area contributed by atoms with Crippen LogP contribution in [-0.2, 0) is 16.1 Å². The summed E-state index contributed by atoms with van der Waals surface area (Å²) in [5, 5.41) is 0. The van der Waals surface area contributed by atoms with E-state index in [2.05, 4.69) is 13.8 Å². The molecule has 0 bridgehead atoms. The molecule has 0 N–H and O–H groups in total. The lowest BCUT2D eigenvalue weighted by Gasteiger charge is -2.30. The average Bonchev–Trinajstić information content (AvgIpc) is 3.78. The Morgan fingerprint density at radius 1 is 0.977 bits per heavy atom. The van der Waals surface area contributed by atoms with Crippen molar-refractivity contribution in [3.63, 3.8) is 0 Å². The maximum Gasteiger partial charge on any atom is 0.306 e. The number of carbonyl (C=O) groups is 1. The zero-order chi connectivity index (χ0) is 31.3. The van der Waals surface area contributed by atoms with Crippen LogP contribution in [0.4, 0.5) is 17.6 Å². The van der Waals surface area contributed by atoms with Gasteiger partial charge >= 0.3 is 5.97 Å². The Balaban J connectivity index is 0.00000207. The number of benzene rings is 3. The molecule has 0 saturated heterocycles. The Morgan fingerprint density at radius 2 is 1.72 bits per heavy atom. The molecule has 2 aliphatic rings. The molecule has 2 fully saturated rings. The largest absolute Gasteiger partial charge is 0.486 e. The molecule has 2 saturated carbocycles. The third-order valence-electron chi connectivity index (χ3n) is 8.87. The predicted molar refractivity (Wildman–Crippen MR) is 161 cm³/mol. The van der Waals surface area contributed by atoms with Crippen LogP contribution in [-0.4, -0.2) is 13.1 Å². The molecule has 3 nitrogen and oxygen atoms in total. The lowest BCUT2D eigenvalue weighted by molar-refractivity contribution is -0.141. The SMILES string of the molecule is CC.COC(=O)CC(c1cccc(OCc2ccc(-c3cc(C(F)F)ccc3F)c(C3CCCC3(C)C)c2)c1F)C1CC1. The highest BCUT2D eigenvalue weighted by atomic mass is 19.3. The van der Waals surface area contributed by atoms with E-state index >= 15 is 8.78 Å². The van der Waals surface area contributed by atoms with Gasteiger partial charge < -0.3 is 9.47 Å². The molecule has 2 aliphatic carbocycles. The summed E-state index contributed by atoms with van der Waals surface area (Å²) in [7, 11) is 1.33. The van der Waals surface area contributed by atoms with Gasteiger partial charge in [0.25, 0.3) is 6.43 Å². The predicted octanol–water partition coefficient (Wildman–Crippen LogP) is 10.5. The van der Waals surface area contributed by atoms with Crippen molar-refractivity contribution < 1.29 is 31.8 Å². The molecule has 5 rings (SSSR count). The maximum atomic E-state index is 15.6. The molecular weight excluding hydrogens is 556 g/mol. The first-order chi connectivity index (χ1) is 20.6. The first-order valence-corrected chi connectivity index (χ1v) is 15.3. The number of hydrogen-bond donors (Lipinski definition) is 0. The monoisotopic (exact) mass is 598 g/mol. The molecule has 3 aromatic rings. The quantitative estimate of drug-likeness (QED) is 0.172. The van der Waals surface area contributed by atoms with Crippen LogP contribution in [0.1, 0.15) is 107 Å². The molecule has 43 heavy (non-hydrogen) atoms. The van der Waals surface area contributed by atoms with Crippen LogP contribution in [0.5, 0.6) is 5.75 Å². The summed E-state index contributed by atoms with van der Waals surface area (Å²) in [5.41, 5.74) is 2.59. The molecule has 0 aromatic heterocycles. The Bertz CT molecular complexity index is 1410. The zero-order valence-corrected chi connectivity index (χ0v) is 25.7. The van der Waals surface area contributed by atoms with Gasteiger partial charge in [0.05, 0.1) is 13.5 Å². The van der Waals surface area contributed by atoms with Crippen LogP contribution >= 0.6 is 0 Å². The van der Waals surface area contributed by atoms with Gasteiger partial charge in [-0.25, -0.2) is 17.6 Å². The normalized spacial score (nSPS) is 18.1. The molecule has 2 unspecified atom stereocenters. The summed E-state index contributed by atoms with van der Waals surface area (Å²) in [6.45, 7) is 8.43. The van der Waals surface area contributed by atoms with Gasteiger partial charge in [-0.05, 0) is 83.4 Å². The van der Waals surface area contributed by atoms with E-state index in [0.717, 1.165) is 55.4 Å². The van der Waals surface area contributed by atoms with Crippen molar-refractivity contribution >= 4 is 5.97 Å². The lowest BCUT2D eigenvalue weighted by atomic mass is 9.75. The van der Waals surface area contributed by atoms with E-state index in [9.17, 15) is 13.6 Å². The minimum absolute atomic E-state index is 0.0526. The molecule has 0 heterocycles. The van der Waals surface area contributed by atoms with Gasteiger partial charge in [-0.15, -0.1) is 0 Å². The van der Waals surface area contributed by atoms with Crippen molar-refractivity contribution in [2.75, 3.05) is 7.11 Å². The number of alkyl halides is 2. The summed E-state index contributed by atoms with van der Waals surface area (Å²) in [6.07, 6.45) is 2.23. The second kappa shape index (κ2) is 14.0. The average molecular weight is 599 g/mol. The maximum absolute atomic E-state index is 15.6. The van der Waals surface area contributed by atoms with E-state index in [4.69, 9.17) is 9.47 Å². The van der Waals surface area contributed by atoms with Gasteiger partial charge in [0.15, 0.2) is 11.6 Å². The molecule has 0 radical (unpaired) electrons. The van der Waals surface area contributed by atoms with Gasteiger partial charge in [-0.2, -0.15) is 0 Å². The van der Waals surface area contributed by atoms with Gasteiger partial charge in [0.1, 0.15) is 12.4 Å². The summed E-state index contributed by atoms with van der Waals surface area (Å²) < 4.78 is 68.5. The fourth-order valence-electron chi connectivity index (χ4n) is 6.40. The van der Waals surface area contributed by atoms with Crippen molar-refractivity contribution in [1.29, 1.82) is 0 Å². The van der Waals surface area contributed by atoms with E-state index < -0.39 is 18.1 Å². The fraction of sp³-hybridized carbons (Fsp3) is 0.472. The second-order valence-corrected chi connectivity index (χ2v) is 12.1. The van der Waals surface area contributed by atoms with Crippen LogP contribution in [0.15, 0.2) is 54.6 Å². The van der Waals surface area contributed by atoms with Crippen molar-refractivity contribution in [1.82, 2.24) is 0 Å². The molecule has 2 atom stereocenters. The molecule has 232 valence electrons. The Morgan fingerprint density at radius 3 is 2.35 bits per heavy atom. The fourth-order valence-corrected chi connectivity index (χ4v) is 6.40. The van der Waals surface area contributed by atoms with Crippen LogP contribution < -0.4 is 4.74 Å². The number of ether oxygens (including phenoxy) is 2. The Kier molecular flexibility index (Phi) is 10.6. The third-order valence-corrected chi connectivity index (χ3v) is 8.87. The Labute approximate surface area is 252 Å². The topological polar surface area (TPSA) is 35.5 Å². The number of methoxy groups -OCH3 is 1. The molecular formula is C36H42F4O3. The minimum atomic E-state index is -2.70. The number of hydrogen-bond acceptors (Lipinski definition) is 3. The Hall–Kier alpha value is -3.35. The van der Waals surface area contributed by atoms with Gasteiger partial charge in [-0.3, -0.25) is 4.79 Å². The first kappa shape index (κ1) is 32.6. The second-order valence-electron chi connectivity index (χ2n) is 12.1. The molecule has 3 aromatic carbocycles. The van der Waals surface area contributed by atoms with E-state index in [1.54, 1.807) is 30.3 Å². The van der Waals surface area contributed by atoms with Gasteiger partial charge in [0, 0.05) is 17.0 Å². The highest BCUT2D eigenvalue weighted by Gasteiger charge is 2.38. The van der Waals surface area contributed by atoms with Crippen molar-refractivity contribution in [3.05, 3.63) is 88.5 Å². The number of esters is 1. The first-order valence-electron chi connectivity index (χ1n) is 15.3. The van der Waals surface area contributed by atoms with E-state index in [1.165, 1.54) is 13.2 Å². The smallest absolute Gasteiger partial charge is 0.306 e. The van der Waals surface area contributed by atoms with Crippen molar-refractivity contribution in [2.45, 2.75) is 91.1 Å². The summed E-state index contributed by atoms with van der Waals surface area (Å²) in [6, 6.07) is 14.0. The molecule has 0 spiro atoms. The van der Waals surface area contributed by atoms with E-state index in [1.807, 2.05) is 19.9 Å². The summed E-state index contributed by atoms with van der Waals surface area (Å²) in [5.74, 6) is -1.22. The lowest BCUT2D eigenvalue weighted by Crippen LogP contribution is -2.17. The number of rotatable bonds is 10. The highest BCUT2D eigenvalue weighted by Crippen LogP contribution is 2.51. The summed E-state index contributed by atoms with van der Waals surface area (Å²) >= 11 is 0. The summed E-state index contributed by atoms with van der Waals surface area (Å²) in [4.78, 5) is 12.0. The van der Waals surface area contributed by atoms with Crippen LogP contribution in [0.25, 0.3) is 11.1 Å². The zero-order valence-electron chi connectivity index (χ0n) is 25.7. The van der Waals surface area contributed by atoms with Crippen LogP contribution in [0, 0.1) is 23.0 Å². The molecule has 7 heteroatoms. The highest BCUT2D eigenvalue weighted by molar-refractivity contribution is 5.71. The van der Waals surface area contributed by atoms with Crippen LogP contribution in [0.3, 0.4) is 0 Å². The van der Waals surface area contributed by atoms with Crippen molar-refractivity contribution in [3.8, 4) is 16.9 Å². The van der Waals surface area contributed by atoms with E-state index in [0.29, 0.717) is 11.1 Å². The van der Waals surface area contributed by atoms with Crippen LogP contribution in [0.2, 0.25) is 0 Å². The minimum Gasteiger partial charge on any atom is -0.486 e. The number of carbonyl (C=O) groups excluding carboxylic acids is 1. The van der Waals surface area contributed by atoms with Gasteiger partial charge in [0.2, 0.25) is 0 Å². The third kappa shape index (κ3) is 7.42. The molecule has 0 amide bonds. The molecule has 0 aliphatic heterocycles. The van der Waals surface area contributed by atoms with Crippen molar-refractivity contribution in [2.24, 2.45) is 11.3 Å². The van der Waals surface area contributed by atoms with E-state index in [-0.39, 0.29) is 59.0 Å².